The maximum atomic E-state index is 13.4. The van der Waals surface area contributed by atoms with Gasteiger partial charge >= 0.3 is 0 Å². The number of pyridine rings is 1. The van der Waals surface area contributed by atoms with Gasteiger partial charge in [-0.15, -0.1) is 0 Å². The molecular weight excluding hydrogens is 456 g/mol. The number of benzene rings is 2. The van der Waals surface area contributed by atoms with Crippen LogP contribution in [0.15, 0.2) is 57.1 Å². The second kappa shape index (κ2) is 8.98. The van der Waals surface area contributed by atoms with Gasteiger partial charge in [-0.1, -0.05) is 12.1 Å². The molecule has 1 aliphatic rings. The first-order valence-electron chi connectivity index (χ1n) is 10.8. The highest BCUT2D eigenvalue weighted by Gasteiger charge is 2.26. The SMILES string of the molecule is Cc1ccc(S(=O)(=O)c2c(C)cc(C)n(CC(=O)NCc3ccc4c(c3)OCO4)c2=O)cc1C. The average molecular weight is 483 g/mol. The van der Waals surface area contributed by atoms with Crippen molar-refractivity contribution in [3.63, 3.8) is 0 Å². The second-order valence-electron chi connectivity index (χ2n) is 8.40. The van der Waals surface area contributed by atoms with Gasteiger partial charge in [-0.25, -0.2) is 8.42 Å². The fourth-order valence-electron chi connectivity index (χ4n) is 3.88. The lowest BCUT2D eigenvalue weighted by Gasteiger charge is -2.15. The molecule has 4 rings (SSSR count). The molecule has 2 aromatic carbocycles. The Morgan fingerprint density at radius 2 is 1.68 bits per heavy atom. The number of hydrogen-bond donors (Lipinski definition) is 1. The van der Waals surface area contributed by atoms with Crippen LogP contribution in [0.25, 0.3) is 0 Å². The molecule has 0 saturated carbocycles. The zero-order chi connectivity index (χ0) is 24.6. The van der Waals surface area contributed by atoms with Crippen LogP contribution in [-0.2, 0) is 27.7 Å². The van der Waals surface area contributed by atoms with Crippen molar-refractivity contribution in [3.8, 4) is 11.5 Å². The first-order valence-corrected chi connectivity index (χ1v) is 12.2. The van der Waals surface area contributed by atoms with Gasteiger partial charge in [0.2, 0.25) is 22.5 Å². The largest absolute Gasteiger partial charge is 0.454 e. The van der Waals surface area contributed by atoms with Crippen molar-refractivity contribution in [1.82, 2.24) is 9.88 Å². The Balaban J connectivity index is 1.59. The number of rotatable bonds is 6. The summed E-state index contributed by atoms with van der Waals surface area (Å²) in [4.78, 5) is 25.7. The number of carbonyl (C=O) groups is 1. The molecule has 1 aliphatic heterocycles. The lowest BCUT2D eigenvalue weighted by molar-refractivity contribution is -0.121. The molecular formula is C25H26N2O6S. The van der Waals surface area contributed by atoms with Crippen LogP contribution >= 0.6 is 0 Å². The number of aromatic nitrogens is 1. The van der Waals surface area contributed by atoms with Gasteiger partial charge in [-0.05, 0) is 80.3 Å². The smallest absolute Gasteiger partial charge is 0.270 e. The molecule has 1 aromatic heterocycles. The van der Waals surface area contributed by atoms with Gasteiger partial charge in [-0.2, -0.15) is 0 Å². The highest BCUT2D eigenvalue weighted by Crippen LogP contribution is 2.32. The zero-order valence-electron chi connectivity index (χ0n) is 19.5. The van der Waals surface area contributed by atoms with E-state index in [0.717, 1.165) is 16.7 Å². The molecule has 34 heavy (non-hydrogen) atoms. The first kappa shape index (κ1) is 23.6. The minimum Gasteiger partial charge on any atom is -0.454 e. The Morgan fingerprint density at radius 1 is 0.941 bits per heavy atom. The summed E-state index contributed by atoms with van der Waals surface area (Å²) in [6, 6.07) is 11.7. The second-order valence-corrected chi connectivity index (χ2v) is 10.3. The molecule has 0 radical (unpaired) electrons. The molecule has 0 aliphatic carbocycles. The van der Waals surface area contributed by atoms with Crippen LogP contribution in [-0.4, -0.2) is 25.7 Å². The summed E-state index contributed by atoms with van der Waals surface area (Å²) >= 11 is 0. The van der Waals surface area contributed by atoms with E-state index in [1.54, 1.807) is 44.2 Å². The fourth-order valence-corrected chi connectivity index (χ4v) is 5.52. The number of amides is 1. The number of hydrogen-bond acceptors (Lipinski definition) is 6. The monoisotopic (exact) mass is 482 g/mol. The Labute approximate surface area is 198 Å². The standard InChI is InChI=1S/C25H26N2O6S/c1-15-5-7-20(10-16(15)2)34(30,31)24-17(3)9-18(4)27(25(24)29)13-23(28)26-12-19-6-8-21-22(11-19)33-14-32-21/h5-11H,12-14H2,1-4H3,(H,26,28). The number of ether oxygens (including phenoxy) is 2. The minimum absolute atomic E-state index is 0.0541. The molecule has 0 fully saturated rings. The van der Waals surface area contributed by atoms with E-state index in [1.165, 1.54) is 10.6 Å². The van der Waals surface area contributed by atoms with Gasteiger partial charge in [0.1, 0.15) is 11.4 Å². The highest BCUT2D eigenvalue weighted by molar-refractivity contribution is 7.91. The van der Waals surface area contributed by atoms with E-state index < -0.39 is 21.3 Å². The Kier molecular flexibility index (Phi) is 6.22. The van der Waals surface area contributed by atoms with Crippen LogP contribution in [0.3, 0.4) is 0 Å². The Morgan fingerprint density at radius 3 is 2.41 bits per heavy atom. The van der Waals surface area contributed by atoms with Crippen molar-refractivity contribution in [1.29, 1.82) is 0 Å². The van der Waals surface area contributed by atoms with Crippen LogP contribution in [0.4, 0.5) is 0 Å². The van der Waals surface area contributed by atoms with Gasteiger partial charge in [0.25, 0.3) is 5.56 Å². The average Bonchev–Trinajstić information content (AvgIpc) is 3.24. The van der Waals surface area contributed by atoms with Crippen molar-refractivity contribution in [2.75, 3.05) is 6.79 Å². The normalized spacial score (nSPS) is 12.6. The summed E-state index contributed by atoms with van der Waals surface area (Å²) in [7, 11) is -4.07. The van der Waals surface area contributed by atoms with Gasteiger partial charge in [0, 0.05) is 12.2 Å². The molecule has 0 unspecified atom stereocenters. The van der Waals surface area contributed by atoms with E-state index in [2.05, 4.69) is 5.32 Å². The van der Waals surface area contributed by atoms with Crippen molar-refractivity contribution >= 4 is 15.7 Å². The number of sulfone groups is 1. The fraction of sp³-hybridized carbons (Fsp3) is 0.280. The molecule has 178 valence electrons. The van der Waals surface area contributed by atoms with Crippen LogP contribution in [0, 0.1) is 27.7 Å². The van der Waals surface area contributed by atoms with Crippen LogP contribution < -0.4 is 20.3 Å². The molecule has 1 amide bonds. The third-order valence-corrected chi connectivity index (χ3v) is 7.84. The summed E-state index contributed by atoms with van der Waals surface area (Å²) in [6.45, 7) is 7.05. The molecule has 0 bridgehead atoms. The number of carbonyl (C=O) groups excluding carboxylic acids is 1. The van der Waals surface area contributed by atoms with Crippen LogP contribution in [0.5, 0.6) is 11.5 Å². The Bertz CT molecular complexity index is 1460. The van der Waals surface area contributed by atoms with E-state index in [0.29, 0.717) is 22.8 Å². The van der Waals surface area contributed by atoms with E-state index in [1.807, 2.05) is 19.9 Å². The van der Waals surface area contributed by atoms with Crippen molar-refractivity contribution in [2.24, 2.45) is 0 Å². The summed E-state index contributed by atoms with van der Waals surface area (Å²) < 4.78 is 38.5. The Hall–Kier alpha value is -3.59. The molecule has 3 aromatic rings. The predicted octanol–water partition coefficient (Wildman–Crippen LogP) is 2.96. The van der Waals surface area contributed by atoms with Crippen LogP contribution in [0.1, 0.15) is 27.9 Å². The summed E-state index contributed by atoms with van der Waals surface area (Å²) in [5.41, 5.74) is 2.71. The van der Waals surface area contributed by atoms with E-state index >= 15 is 0 Å². The maximum Gasteiger partial charge on any atom is 0.270 e. The number of fused-ring (bicyclic) bond motifs is 1. The van der Waals surface area contributed by atoms with Gasteiger partial charge < -0.3 is 19.4 Å². The van der Waals surface area contributed by atoms with Crippen molar-refractivity contribution in [2.45, 2.75) is 50.6 Å². The van der Waals surface area contributed by atoms with Gasteiger partial charge in [-0.3, -0.25) is 9.59 Å². The molecule has 0 spiro atoms. The molecule has 1 N–H and O–H groups in total. The van der Waals surface area contributed by atoms with E-state index in [9.17, 15) is 18.0 Å². The quantitative estimate of drug-likeness (QED) is 0.579. The van der Waals surface area contributed by atoms with E-state index in [4.69, 9.17) is 9.47 Å². The summed E-state index contributed by atoms with van der Waals surface area (Å²) in [5.74, 6) is 0.842. The lowest BCUT2D eigenvalue weighted by atomic mass is 10.1. The third kappa shape index (κ3) is 4.43. The van der Waals surface area contributed by atoms with Crippen molar-refractivity contribution < 1.29 is 22.7 Å². The zero-order valence-corrected chi connectivity index (χ0v) is 20.3. The van der Waals surface area contributed by atoms with Gasteiger partial charge in [0.05, 0.1) is 4.90 Å². The molecule has 2 heterocycles. The molecule has 8 nitrogen and oxygen atoms in total. The molecule has 0 saturated heterocycles. The number of nitrogens with one attached hydrogen (secondary N) is 1. The first-order chi connectivity index (χ1) is 16.1. The van der Waals surface area contributed by atoms with Crippen LogP contribution in [0.2, 0.25) is 0 Å². The maximum absolute atomic E-state index is 13.4. The topological polar surface area (TPSA) is 104 Å². The molecule has 9 heteroatoms. The lowest BCUT2D eigenvalue weighted by Crippen LogP contribution is -2.35. The third-order valence-electron chi connectivity index (χ3n) is 5.93. The van der Waals surface area contributed by atoms with Crippen molar-refractivity contribution in [3.05, 3.63) is 80.8 Å². The highest BCUT2D eigenvalue weighted by atomic mass is 32.2. The molecule has 0 atom stereocenters. The minimum atomic E-state index is -4.07. The van der Waals surface area contributed by atoms with Gasteiger partial charge in [0.15, 0.2) is 11.5 Å². The van der Waals surface area contributed by atoms with E-state index in [-0.39, 0.29) is 29.7 Å². The summed E-state index contributed by atoms with van der Waals surface area (Å²) in [5, 5.41) is 2.77. The number of nitrogens with zero attached hydrogens (tertiary/aromatic N) is 1. The predicted molar refractivity (Wildman–Crippen MR) is 126 cm³/mol. The number of aryl methyl sites for hydroxylation is 4. The summed E-state index contributed by atoms with van der Waals surface area (Å²) in [6.07, 6.45) is 0.